The van der Waals surface area contributed by atoms with Crippen molar-refractivity contribution in [2.45, 2.75) is 13.1 Å². The SMILES string of the molecule is Cc1cccc(Oc2cc(N)cc([N+](=O)[O-])c2)c1.O=C(O)c1cc2nc(-c3ccco3)cc(C(F)(F)F)n2n1. The monoisotopic (exact) mass is 541 g/mol. The van der Waals surface area contributed by atoms with Gasteiger partial charge in [0, 0.05) is 23.9 Å². The van der Waals surface area contributed by atoms with E-state index in [0.717, 1.165) is 17.7 Å². The number of aryl methyl sites for hydroxylation is 1. The first-order valence-electron chi connectivity index (χ1n) is 11.0. The summed E-state index contributed by atoms with van der Waals surface area (Å²) >= 11 is 0. The second-order valence-corrected chi connectivity index (χ2v) is 8.04. The van der Waals surface area contributed by atoms with Crippen molar-refractivity contribution >= 4 is 23.0 Å². The Bertz CT molecular complexity index is 1670. The number of nitrogen functional groups attached to an aromatic ring is 1. The predicted molar refractivity (Wildman–Crippen MR) is 131 cm³/mol. The van der Waals surface area contributed by atoms with E-state index in [4.69, 9.17) is 20.0 Å². The fourth-order valence-corrected chi connectivity index (χ4v) is 3.42. The van der Waals surface area contributed by atoms with Crippen LogP contribution in [0.3, 0.4) is 0 Å². The standard InChI is InChI=1S/C13H12N2O3.C12H6F3N3O3/c1-9-3-2-4-12(5-9)18-13-7-10(14)6-11(8-13)15(16)17;13-12(14,15)9-4-6(8-2-1-3-21-8)16-10-5-7(11(19)20)17-18(9)10/h2-8H,14H2,1H3;1-5H,(H,19,20). The van der Waals surface area contributed by atoms with Gasteiger partial charge in [-0.2, -0.15) is 18.3 Å². The van der Waals surface area contributed by atoms with Crippen LogP contribution in [0.2, 0.25) is 0 Å². The number of nitrogens with zero attached hydrogens (tertiary/aromatic N) is 4. The molecule has 0 atom stereocenters. The van der Waals surface area contributed by atoms with E-state index in [1.165, 1.54) is 30.5 Å². The molecule has 3 heterocycles. The van der Waals surface area contributed by atoms with Gasteiger partial charge in [0.1, 0.15) is 17.2 Å². The average Bonchev–Trinajstić information content (AvgIpc) is 3.53. The minimum Gasteiger partial charge on any atom is -0.476 e. The summed E-state index contributed by atoms with van der Waals surface area (Å²) in [5, 5.41) is 22.9. The number of rotatable bonds is 5. The van der Waals surface area contributed by atoms with Crippen LogP contribution in [0.5, 0.6) is 11.5 Å². The lowest BCUT2D eigenvalue weighted by Crippen LogP contribution is -2.14. The summed E-state index contributed by atoms with van der Waals surface area (Å²) in [5.41, 5.74) is 4.91. The van der Waals surface area contributed by atoms with Crippen molar-refractivity contribution in [2.24, 2.45) is 0 Å². The summed E-state index contributed by atoms with van der Waals surface area (Å²) < 4.78 is 50.3. The van der Waals surface area contributed by atoms with Crippen LogP contribution >= 0.6 is 0 Å². The third kappa shape index (κ3) is 6.30. The van der Waals surface area contributed by atoms with Crippen molar-refractivity contribution in [1.82, 2.24) is 14.6 Å². The minimum atomic E-state index is -4.72. The number of hydrogen-bond acceptors (Lipinski definition) is 8. The van der Waals surface area contributed by atoms with Crippen molar-refractivity contribution in [1.29, 1.82) is 0 Å². The molecule has 2 aromatic carbocycles. The molecule has 200 valence electrons. The van der Waals surface area contributed by atoms with Gasteiger partial charge in [-0.15, -0.1) is 0 Å². The van der Waals surface area contributed by atoms with Crippen LogP contribution in [0.15, 0.2) is 77.4 Å². The Morgan fingerprint density at radius 2 is 1.87 bits per heavy atom. The molecule has 0 aliphatic carbocycles. The topological polar surface area (TPSA) is 159 Å². The third-order valence-corrected chi connectivity index (χ3v) is 5.06. The molecule has 5 aromatic rings. The molecule has 0 aliphatic heterocycles. The zero-order valence-electron chi connectivity index (χ0n) is 19.9. The Morgan fingerprint density at radius 3 is 2.49 bits per heavy atom. The maximum Gasteiger partial charge on any atom is 0.433 e. The van der Waals surface area contributed by atoms with E-state index in [1.807, 2.05) is 25.1 Å². The van der Waals surface area contributed by atoms with Gasteiger partial charge in [0.2, 0.25) is 0 Å². The molecule has 0 saturated carbocycles. The molecule has 5 rings (SSSR count). The van der Waals surface area contributed by atoms with Gasteiger partial charge in [0.15, 0.2) is 22.8 Å². The quantitative estimate of drug-likeness (QED) is 0.155. The number of benzene rings is 2. The number of aromatic carboxylic acids is 1. The highest BCUT2D eigenvalue weighted by molar-refractivity contribution is 5.86. The number of nitro groups is 1. The maximum absolute atomic E-state index is 13.1. The molecule has 0 spiro atoms. The number of furan rings is 1. The third-order valence-electron chi connectivity index (χ3n) is 5.06. The van der Waals surface area contributed by atoms with Crippen LogP contribution in [0.4, 0.5) is 24.5 Å². The number of hydrogen-bond donors (Lipinski definition) is 2. The van der Waals surface area contributed by atoms with E-state index in [-0.39, 0.29) is 22.8 Å². The van der Waals surface area contributed by atoms with Crippen molar-refractivity contribution in [3.8, 4) is 23.0 Å². The second kappa shape index (κ2) is 10.5. The van der Waals surface area contributed by atoms with E-state index in [0.29, 0.717) is 21.7 Å². The van der Waals surface area contributed by atoms with Crippen LogP contribution in [0, 0.1) is 17.0 Å². The Labute approximate surface area is 217 Å². The number of anilines is 1. The van der Waals surface area contributed by atoms with E-state index in [2.05, 4.69) is 10.1 Å². The molecule has 0 aliphatic rings. The highest BCUT2D eigenvalue weighted by Gasteiger charge is 2.36. The lowest BCUT2D eigenvalue weighted by Gasteiger charge is -2.09. The number of ether oxygens (including phenoxy) is 1. The molecule has 0 fully saturated rings. The van der Waals surface area contributed by atoms with Gasteiger partial charge in [0.25, 0.3) is 5.69 Å². The molecule has 14 heteroatoms. The molecule has 0 unspecified atom stereocenters. The van der Waals surface area contributed by atoms with E-state index in [9.17, 15) is 28.1 Å². The first-order valence-corrected chi connectivity index (χ1v) is 11.0. The summed E-state index contributed by atoms with van der Waals surface area (Å²) in [7, 11) is 0. The van der Waals surface area contributed by atoms with Crippen LogP contribution in [0.25, 0.3) is 17.1 Å². The summed E-state index contributed by atoms with van der Waals surface area (Å²) in [4.78, 5) is 25.0. The van der Waals surface area contributed by atoms with Crippen molar-refractivity contribution in [2.75, 3.05) is 5.73 Å². The largest absolute Gasteiger partial charge is 0.476 e. The number of halogens is 3. The molecular formula is C25H18F3N5O6. The molecule has 0 saturated heterocycles. The number of aromatic nitrogens is 3. The van der Waals surface area contributed by atoms with Crippen LogP contribution in [-0.4, -0.2) is 30.6 Å². The van der Waals surface area contributed by atoms with Gasteiger partial charge in [-0.3, -0.25) is 10.1 Å². The summed E-state index contributed by atoms with van der Waals surface area (Å²) in [6, 6.07) is 16.3. The van der Waals surface area contributed by atoms with Gasteiger partial charge >= 0.3 is 12.1 Å². The Kier molecular flexibility index (Phi) is 7.20. The first kappa shape index (κ1) is 26.7. The summed E-state index contributed by atoms with van der Waals surface area (Å²) in [6.07, 6.45) is -3.42. The molecule has 0 bridgehead atoms. The molecule has 11 nitrogen and oxygen atoms in total. The van der Waals surface area contributed by atoms with Crippen LogP contribution < -0.4 is 10.5 Å². The van der Waals surface area contributed by atoms with Crippen LogP contribution in [-0.2, 0) is 6.18 Å². The number of carbonyl (C=O) groups is 1. The molecule has 39 heavy (non-hydrogen) atoms. The highest BCUT2D eigenvalue weighted by Crippen LogP contribution is 2.32. The lowest BCUT2D eigenvalue weighted by atomic mass is 10.2. The Morgan fingerprint density at radius 1 is 1.10 bits per heavy atom. The number of carboxylic acids is 1. The normalized spacial score (nSPS) is 11.1. The van der Waals surface area contributed by atoms with Gasteiger partial charge < -0.3 is 20.0 Å². The van der Waals surface area contributed by atoms with E-state index < -0.39 is 28.5 Å². The number of alkyl halides is 3. The highest BCUT2D eigenvalue weighted by atomic mass is 19.4. The molecule has 3 N–H and O–H groups in total. The fourth-order valence-electron chi connectivity index (χ4n) is 3.42. The van der Waals surface area contributed by atoms with Crippen LogP contribution in [0.1, 0.15) is 21.7 Å². The molecular weight excluding hydrogens is 523 g/mol. The van der Waals surface area contributed by atoms with Gasteiger partial charge in [-0.25, -0.2) is 14.3 Å². The lowest BCUT2D eigenvalue weighted by molar-refractivity contribution is -0.384. The smallest absolute Gasteiger partial charge is 0.433 e. The van der Waals surface area contributed by atoms with Gasteiger partial charge in [0.05, 0.1) is 17.3 Å². The first-order chi connectivity index (χ1) is 18.4. The fraction of sp³-hybridized carbons (Fsp3) is 0.0800. The molecule has 0 amide bonds. The van der Waals surface area contributed by atoms with E-state index in [1.54, 1.807) is 12.1 Å². The van der Waals surface area contributed by atoms with Crippen molar-refractivity contribution in [3.05, 3.63) is 100 Å². The Balaban J connectivity index is 0.000000183. The average molecular weight is 541 g/mol. The van der Waals surface area contributed by atoms with E-state index >= 15 is 0 Å². The zero-order valence-corrected chi connectivity index (χ0v) is 19.9. The number of non-ortho nitro benzene ring substituents is 1. The summed E-state index contributed by atoms with van der Waals surface area (Å²) in [6.45, 7) is 1.94. The molecule has 3 aromatic heterocycles. The Hall–Kier alpha value is -5.40. The van der Waals surface area contributed by atoms with Gasteiger partial charge in [-0.05, 0) is 42.8 Å². The second-order valence-electron chi connectivity index (χ2n) is 8.04. The number of nitrogens with two attached hydrogens (primary N) is 1. The van der Waals surface area contributed by atoms with Crippen molar-refractivity contribution in [3.63, 3.8) is 0 Å². The number of nitro benzene ring substituents is 1. The maximum atomic E-state index is 13.1. The number of carboxylic acid groups (broad SMARTS) is 1. The number of fused-ring (bicyclic) bond motifs is 1. The zero-order chi connectivity index (χ0) is 28.3. The molecule has 0 radical (unpaired) electrons. The summed E-state index contributed by atoms with van der Waals surface area (Å²) in [5.74, 6) is -0.323. The predicted octanol–water partition coefficient (Wildman–Crippen LogP) is 5.98. The van der Waals surface area contributed by atoms with Crippen molar-refractivity contribution < 1.29 is 37.1 Å². The minimum absolute atomic E-state index is 0.0586. The van der Waals surface area contributed by atoms with Gasteiger partial charge in [-0.1, -0.05) is 12.1 Å².